The van der Waals surface area contributed by atoms with E-state index in [1.165, 1.54) is 39.8 Å². The Kier molecular flexibility index (Phi) is 9.64. The summed E-state index contributed by atoms with van der Waals surface area (Å²) >= 11 is 1.30. The van der Waals surface area contributed by atoms with Gasteiger partial charge in [-0.1, -0.05) is 55.5 Å². The van der Waals surface area contributed by atoms with Gasteiger partial charge in [-0.25, -0.2) is 13.4 Å². The van der Waals surface area contributed by atoms with Crippen LogP contribution in [0.4, 0.5) is 5.13 Å². The molecule has 1 aromatic heterocycles. The summed E-state index contributed by atoms with van der Waals surface area (Å²) in [6.45, 7) is 3.85. The summed E-state index contributed by atoms with van der Waals surface area (Å²) in [6.07, 6.45) is -0.850. The van der Waals surface area contributed by atoms with Crippen LogP contribution in [-0.4, -0.2) is 73.0 Å². The van der Waals surface area contributed by atoms with Crippen molar-refractivity contribution in [3.63, 3.8) is 0 Å². The number of nitrogens with two attached hydrogens (primary N) is 1. The molecule has 0 saturated carbocycles. The molecule has 2 atom stereocenters. The Morgan fingerprint density at radius 2 is 1.73 bits per heavy atom. The standard InChI is InChI=1S/C30H36N4O5S2/c1-20(2)18-34(41(37,38)24-13-11-23(39-4)12-14-24)19-27(35)26(16-21-8-6-5-7-9-21)33(3)29(36)22-10-15-25-28(17-22)40-30(31)32-25/h5-15,17,20,26-27,35H,16,18-19H2,1-4H3,(H2,31,32)/t26-,27+/m0/s1. The van der Waals surface area contributed by atoms with Crippen LogP contribution in [0, 0.1) is 5.92 Å². The number of methoxy groups -OCH3 is 1. The van der Waals surface area contributed by atoms with Crippen molar-refractivity contribution >= 4 is 42.6 Å². The van der Waals surface area contributed by atoms with Crippen LogP contribution in [0.15, 0.2) is 77.7 Å². The number of likely N-dealkylation sites (N-methyl/N-ethyl adjacent to an activating group) is 1. The highest BCUT2D eigenvalue weighted by molar-refractivity contribution is 7.89. The van der Waals surface area contributed by atoms with Gasteiger partial charge in [0, 0.05) is 25.7 Å². The van der Waals surface area contributed by atoms with Crippen molar-refractivity contribution in [2.75, 3.05) is 33.0 Å². The lowest BCUT2D eigenvalue weighted by atomic mass is 9.98. The molecule has 41 heavy (non-hydrogen) atoms. The van der Waals surface area contributed by atoms with Gasteiger partial charge in [0.1, 0.15) is 5.75 Å². The summed E-state index contributed by atoms with van der Waals surface area (Å²) in [5.41, 5.74) is 7.89. The molecular weight excluding hydrogens is 560 g/mol. The Balaban J connectivity index is 1.65. The number of carbonyl (C=O) groups is 1. The minimum Gasteiger partial charge on any atom is -0.497 e. The van der Waals surface area contributed by atoms with Gasteiger partial charge in [0.25, 0.3) is 5.91 Å². The highest BCUT2D eigenvalue weighted by Gasteiger charge is 2.34. The van der Waals surface area contributed by atoms with Crippen LogP contribution in [0.2, 0.25) is 0 Å². The van der Waals surface area contributed by atoms with E-state index in [2.05, 4.69) is 4.98 Å². The Labute approximate surface area is 245 Å². The van der Waals surface area contributed by atoms with Crippen molar-refractivity contribution in [1.29, 1.82) is 0 Å². The molecule has 1 amide bonds. The molecule has 0 radical (unpaired) electrons. The maximum atomic E-state index is 13.7. The van der Waals surface area contributed by atoms with Crippen molar-refractivity contribution in [2.24, 2.45) is 5.92 Å². The van der Waals surface area contributed by atoms with Crippen LogP contribution in [0.25, 0.3) is 10.2 Å². The molecule has 4 rings (SSSR count). The predicted octanol–water partition coefficient (Wildman–Crippen LogP) is 4.28. The number of sulfonamides is 1. The number of nitrogen functional groups attached to an aromatic ring is 1. The molecule has 0 bridgehead atoms. The summed E-state index contributed by atoms with van der Waals surface area (Å²) in [6, 6.07) is 20.2. The van der Waals surface area contributed by atoms with Gasteiger partial charge in [0.15, 0.2) is 5.13 Å². The van der Waals surface area contributed by atoms with E-state index < -0.39 is 22.2 Å². The fourth-order valence-corrected chi connectivity index (χ4v) is 7.12. The number of thiazole rings is 1. The number of rotatable bonds is 12. The number of hydrogen-bond donors (Lipinski definition) is 2. The average molecular weight is 597 g/mol. The van der Waals surface area contributed by atoms with Crippen molar-refractivity contribution in [1.82, 2.24) is 14.2 Å². The average Bonchev–Trinajstić information content (AvgIpc) is 3.34. The quantitative estimate of drug-likeness (QED) is 0.250. The van der Waals surface area contributed by atoms with Gasteiger partial charge in [0.05, 0.1) is 34.4 Å². The lowest BCUT2D eigenvalue weighted by molar-refractivity contribution is 0.0370. The number of benzene rings is 3. The van der Waals surface area contributed by atoms with Crippen LogP contribution in [0.1, 0.15) is 29.8 Å². The van der Waals surface area contributed by atoms with Gasteiger partial charge in [-0.3, -0.25) is 4.79 Å². The number of carbonyl (C=O) groups excluding carboxylic acids is 1. The topological polar surface area (TPSA) is 126 Å². The zero-order chi connectivity index (χ0) is 29.7. The molecule has 0 aliphatic heterocycles. The van der Waals surface area contributed by atoms with E-state index in [0.717, 1.165) is 10.3 Å². The molecule has 218 valence electrons. The number of fused-ring (bicyclic) bond motifs is 1. The fourth-order valence-electron chi connectivity index (χ4n) is 4.72. The zero-order valence-corrected chi connectivity index (χ0v) is 25.2. The van der Waals surface area contributed by atoms with Crippen LogP contribution < -0.4 is 10.5 Å². The van der Waals surface area contributed by atoms with Crippen molar-refractivity contribution in [2.45, 2.75) is 37.3 Å². The SMILES string of the molecule is COc1ccc(S(=O)(=O)N(CC(C)C)C[C@@H](O)[C@H](Cc2ccccc2)N(C)C(=O)c2ccc3nc(N)sc3c2)cc1. The van der Waals surface area contributed by atoms with Crippen LogP contribution in [0.5, 0.6) is 5.75 Å². The normalized spacial score (nSPS) is 13.4. The van der Waals surface area contributed by atoms with Gasteiger partial charge >= 0.3 is 0 Å². The number of anilines is 1. The highest BCUT2D eigenvalue weighted by atomic mass is 32.2. The van der Waals surface area contributed by atoms with Crippen molar-refractivity contribution < 1.29 is 23.1 Å². The fraction of sp³-hybridized carbons (Fsp3) is 0.333. The van der Waals surface area contributed by atoms with Gasteiger partial charge in [0.2, 0.25) is 10.0 Å². The van der Waals surface area contributed by atoms with Crippen LogP contribution in [-0.2, 0) is 16.4 Å². The lowest BCUT2D eigenvalue weighted by Crippen LogP contribution is -2.51. The number of hydrogen-bond acceptors (Lipinski definition) is 8. The summed E-state index contributed by atoms with van der Waals surface area (Å²) in [4.78, 5) is 19.6. The Morgan fingerprint density at radius 3 is 2.37 bits per heavy atom. The minimum atomic E-state index is -3.95. The smallest absolute Gasteiger partial charge is 0.253 e. The third kappa shape index (κ3) is 7.23. The number of nitrogens with zero attached hydrogens (tertiary/aromatic N) is 3. The highest BCUT2D eigenvalue weighted by Crippen LogP contribution is 2.27. The summed E-state index contributed by atoms with van der Waals surface area (Å²) in [5, 5.41) is 12.1. The first-order valence-corrected chi connectivity index (χ1v) is 15.5. The molecule has 1 heterocycles. The van der Waals surface area contributed by atoms with Gasteiger partial charge in [-0.05, 0) is 60.4 Å². The van der Waals surface area contributed by atoms with Gasteiger partial charge in [-0.15, -0.1) is 0 Å². The molecule has 9 nitrogen and oxygen atoms in total. The van der Waals surface area contributed by atoms with Crippen molar-refractivity contribution in [3.05, 3.63) is 83.9 Å². The maximum Gasteiger partial charge on any atom is 0.253 e. The van der Waals surface area contributed by atoms with E-state index in [1.807, 2.05) is 44.2 Å². The molecule has 0 aliphatic rings. The first-order valence-electron chi connectivity index (χ1n) is 13.3. The van der Waals surface area contributed by atoms with Crippen LogP contribution >= 0.6 is 11.3 Å². The molecular formula is C30H36N4O5S2. The van der Waals surface area contributed by atoms with Crippen molar-refractivity contribution in [3.8, 4) is 5.75 Å². The Morgan fingerprint density at radius 1 is 1.05 bits per heavy atom. The number of aromatic nitrogens is 1. The first kappa shape index (κ1) is 30.4. The third-order valence-electron chi connectivity index (χ3n) is 6.86. The molecule has 0 spiro atoms. The maximum absolute atomic E-state index is 13.7. The Hall–Kier alpha value is -3.51. The first-order chi connectivity index (χ1) is 19.5. The molecule has 3 aromatic carbocycles. The number of aliphatic hydroxyl groups excluding tert-OH is 1. The zero-order valence-electron chi connectivity index (χ0n) is 23.6. The molecule has 11 heteroatoms. The molecule has 3 N–H and O–H groups in total. The molecule has 0 saturated heterocycles. The van der Waals surface area contributed by atoms with E-state index in [9.17, 15) is 18.3 Å². The molecule has 0 unspecified atom stereocenters. The number of amides is 1. The summed E-state index contributed by atoms with van der Waals surface area (Å²) < 4.78 is 34.7. The van der Waals surface area contributed by atoms with E-state index in [-0.39, 0.29) is 29.8 Å². The Bertz CT molecular complexity index is 1570. The van der Waals surface area contributed by atoms with Gasteiger partial charge in [-0.2, -0.15) is 4.31 Å². The van der Waals surface area contributed by atoms with E-state index in [4.69, 9.17) is 10.5 Å². The van der Waals surface area contributed by atoms with E-state index in [1.54, 1.807) is 37.4 Å². The minimum absolute atomic E-state index is 0.000673. The van der Waals surface area contributed by atoms with E-state index in [0.29, 0.717) is 28.4 Å². The summed E-state index contributed by atoms with van der Waals surface area (Å²) in [7, 11) is -0.797. The molecule has 0 aliphatic carbocycles. The molecule has 0 fully saturated rings. The molecule has 4 aromatic rings. The van der Waals surface area contributed by atoms with E-state index >= 15 is 0 Å². The predicted molar refractivity (Wildman–Crippen MR) is 163 cm³/mol. The second-order valence-corrected chi connectivity index (χ2v) is 13.4. The summed E-state index contributed by atoms with van der Waals surface area (Å²) in [5.74, 6) is 0.245. The van der Waals surface area contributed by atoms with Crippen LogP contribution in [0.3, 0.4) is 0 Å². The van der Waals surface area contributed by atoms with Gasteiger partial charge < -0.3 is 20.5 Å². The monoisotopic (exact) mass is 596 g/mol. The number of aliphatic hydroxyl groups is 1. The third-order valence-corrected chi connectivity index (χ3v) is 9.55. The second-order valence-electron chi connectivity index (χ2n) is 10.4. The number of ether oxygens (including phenoxy) is 1. The largest absolute Gasteiger partial charge is 0.497 e. The second kappa shape index (κ2) is 13.0. The lowest BCUT2D eigenvalue weighted by Gasteiger charge is -2.35.